The molecule has 3 rings (SSSR count). The smallest absolute Gasteiger partial charge is 0.282 e. The van der Waals surface area contributed by atoms with E-state index in [9.17, 15) is 14.7 Å². The number of phenolic OH excluding ortho intramolecular Hbond substituents is 1. The maximum atomic E-state index is 12.6. The number of para-hydroxylation sites is 1. The molecular formula is C18H15IN2O4. The van der Waals surface area contributed by atoms with E-state index in [1.54, 1.807) is 36.4 Å². The van der Waals surface area contributed by atoms with Crippen molar-refractivity contribution in [3.8, 4) is 11.5 Å². The first kappa shape index (κ1) is 17.3. The summed E-state index contributed by atoms with van der Waals surface area (Å²) in [6.07, 6.45) is 1.49. The van der Waals surface area contributed by atoms with Gasteiger partial charge in [0.2, 0.25) is 0 Å². The van der Waals surface area contributed by atoms with Crippen LogP contribution >= 0.6 is 22.6 Å². The molecule has 1 aliphatic rings. The van der Waals surface area contributed by atoms with E-state index in [1.807, 2.05) is 35.6 Å². The first-order valence-corrected chi connectivity index (χ1v) is 8.66. The molecule has 25 heavy (non-hydrogen) atoms. The number of rotatable bonds is 4. The van der Waals surface area contributed by atoms with Crippen LogP contribution in [-0.2, 0) is 9.59 Å². The SMILES string of the molecule is CCOc1cc(/C=C2\C(=O)NN(c3ccccc3)C2=O)cc(I)c1O. The van der Waals surface area contributed by atoms with E-state index >= 15 is 0 Å². The molecule has 0 bridgehead atoms. The third kappa shape index (κ3) is 3.46. The molecule has 0 aromatic heterocycles. The molecule has 1 heterocycles. The molecular weight excluding hydrogens is 435 g/mol. The van der Waals surface area contributed by atoms with Crippen molar-refractivity contribution in [1.29, 1.82) is 0 Å². The first-order chi connectivity index (χ1) is 12.0. The van der Waals surface area contributed by atoms with Gasteiger partial charge in [0, 0.05) is 0 Å². The van der Waals surface area contributed by atoms with Crippen LogP contribution in [0.4, 0.5) is 5.69 Å². The van der Waals surface area contributed by atoms with E-state index in [4.69, 9.17) is 4.74 Å². The average molecular weight is 450 g/mol. The van der Waals surface area contributed by atoms with Gasteiger partial charge >= 0.3 is 0 Å². The molecule has 1 fully saturated rings. The standard InChI is InChI=1S/C18H15IN2O4/c1-2-25-15-10-11(9-14(19)16(15)22)8-13-17(23)20-21(18(13)24)12-6-4-3-5-7-12/h3-10,22H,2H2,1H3,(H,20,23)/b13-8+. The molecule has 1 saturated heterocycles. The van der Waals surface area contributed by atoms with Gasteiger partial charge in [-0.25, -0.2) is 5.01 Å². The van der Waals surface area contributed by atoms with Gasteiger partial charge in [-0.15, -0.1) is 0 Å². The molecule has 2 aromatic rings. The number of nitrogens with one attached hydrogen (secondary N) is 1. The summed E-state index contributed by atoms with van der Waals surface area (Å²) in [6.45, 7) is 2.20. The molecule has 0 spiro atoms. The van der Waals surface area contributed by atoms with Crippen LogP contribution in [0.1, 0.15) is 12.5 Å². The van der Waals surface area contributed by atoms with Crippen molar-refractivity contribution in [2.75, 3.05) is 11.6 Å². The second-order valence-electron chi connectivity index (χ2n) is 5.26. The monoisotopic (exact) mass is 450 g/mol. The Labute approximate surface area is 158 Å². The molecule has 0 radical (unpaired) electrons. The highest BCUT2D eigenvalue weighted by Gasteiger charge is 2.34. The Morgan fingerprint density at radius 2 is 1.96 bits per heavy atom. The number of amides is 2. The quantitative estimate of drug-likeness (QED) is 0.427. The normalized spacial score (nSPS) is 15.6. The van der Waals surface area contributed by atoms with E-state index in [0.717, 1.165) is 0 Å². The number of nitrogens with zero attached hydrogens (tertiary/aromatic N) is 1. The Kier molecular flexibility index (Phi) is 4.93. The van der Waals surface area contributed by atoms with Gasteiger partial charge in [-0.05, 0) is 65.4 Å². The van der Waals surface area contributed by atoms with Gasteiger partial charge in [-0.1, -0.05) is 18.2 Å². The molecule has 7 heteroatoms. The van der Waals surface area contributed by atoms with Crippen LogP contribution in [0, 0.1) is 3.57 Å². The molecule has 0 atom stereocenters. The minimum absolute atomic E-state index is 0.0211. The number of carbonyl (C=O) groups is 2. The Balaban J connectivity index is 1.96. The second kappa shape index (κ2) is 7.14. The third-order valence-electron chi connectivity index (χ3n) is 3.57. The lowest BCUT2D eigenvalue weighted by Crippen LogP contribution is -2.35. The molecule has 0 saturated carbocycles. The lowest BCUT2D eigenvalue weighted by atomic mass is 10.1. The van der Waals surface area contributed by atoms with Crippen LogP contribution in [0.5, 0.6) is 11.5 Å². The molecule has 2 amide bonds. The van der Waals surface area contributed by atoms with Crippen molar-refractivity contribution in [2.45, 2.75) is 6.92 Å². The molecule has 2 N–H and O–H groups in total. The highest BCUT2D eigenvalue weighted by molar-refractivity contribution is 14.1. The summed E-state index contributed by atoms with van der Waals surface area (Å²) >= 11 is 1.97. The summed E-state index contributed by atoms with van der Waals surface area (Å²) in [5, 5.41) is 11.2. The van der Waals surface area contributed by atoms with Crippen LogP contribution in [0.2, 0.25) is 0 Å². The summed E-state index contributed by atoms with van der Waals surface area (Å²) in [7, 11) is 0. The largest absolute Gasteiger partial charge is 0.504 e. The fourth-order valence-corrected chi connectivity index (χ4v) is 3.05. The van der Waals surface area contributed by atoms with Gasteiger partial charge in [0.25, 0.3) is 11.8 Å². The fourth-order valence-electron chi connectivity index (χ4n) is 2.43. The van der Waals surface area contributed by atoms with Crippen LogP contribution in [0.15, 0.2) is 48.0 Å². The zero-order valence-electron chi connectivity index (χ0n) is 13.3. The van der Waals surface area contributed by atoms with E-state index < -0.39 is 11.8 Å². The molecule has 0 aliphatic carbocycles. The number of anilines is 1. The zero-order valence-corrected chi connectivity index (χ0v) is 15.5. The maximum Gasteiger partial charge on any atom is 0.282 e. The number of hydrazine groups is 1. The number of hydrogen-bond acceptors (Lipinski definition) is 4. The number of halogens is 1. The Morgan fingerprint density at radius 3 is 2.64 bits per heavy atom. The molecule has 6 nitrogen and oxygen atoms in total. The summed E-state index contributed by atoms with van der Waals surface area (Å²) in [4.78, 5) is 24.8. The second-order valence-corrected chi connectivity index (χ2v) is 6.42. The number of aromatic hydroxyl groups is 1. The molecule has 2 aromatic carbocycles. The van der Waals surface area contributed by atoms with Crippen LogP contribution in [0.3, 0.4) is 0 Å². The Bertz CT molecular complexity index is 865. The topological polar surface area (TPSA) is 78.9 Å². The van der Waals surface area contributed by atoms with Gasteiger partial charge in [0.1, 0.15) is 5.57 Å². The predicted octanol–water partition coefficient (Wildman–Crippen LogP) is 2.86. The van der Waals surface area contributed by atoms with Gasteiger partial charge in [-0.2, -0.15) is 0 Å². The minimum atomic E-state index is -0.477. The third-order valence-corrected chi connectivity index (χ3v) is 4.39. The van der Waals surface area contributed by atoms with Crippen molar-refractivity contribution >= 4 is 46.2 Å². The fraction of sp³-hybridized carbons (Fsp3) is 0.111. The molecule has 128 valence electrons. The van der Waals surface area contributed by atoms with Crippen molar-refractivity contribution in [1.82, 2.24) is 5.43 Å². The summed E-state index contributed by atoms with van der Waals surface area (Å²) in [5.41, 5.74) is 3.75. The van der Waals surface area contributed by atoms with E-state index in [1.165, 1.54) is 11.1 Å². The van der Waals surface area contributed by atoms with Crippen LogP contribution in [-0.4, -0.2) is 23.5 Å². The van der Waals surface area contributed by atoms with Gasteiger partial charge in [0.05, 0.1) is 15.9 Å². The molecule has 0 unspecified atom stereocenters. The highest BCUT2D eigenvalue weighted by Crippen LogP contribution is 2.34. The van der Waals surface area contributed by atoms with Crippen LogP contribution < -0.4 is 15.2 Å². The van der Waals surface area contributed by atoms with Gasteiger partial charge in [0.15, 0.2) is 11.5 Å². The lowest BCUT2D eigenvalue weighted by Gasteiger charge is -2.13. The summed E-state index contributed by atoms with van der Waals surface area (Å²) in [6, 6.07) is 12.1. The molecule has 1 aliphatic heterocycles. The van der Waals surface area contributed by atoms with Crippen molar-refractivity contribution in [3.05, 3.63) is 57.2 Å². The Morgan fingerprint density at radius 1 is 1.24 bits per heavy atom. The number of carbonyl (C=O) groups excluding carboxylic acids is 2. The first-order valence-electron chi connectivity index (χ1n) is 7.58. The number of ether oxygens (including phenoxy) is 1. The van der Waals surface area contributed by atoms with E-state index in [0.29, 0.717) is 27.2 Å². The van der Waals surface area contributed by atoms with Gasteiger partial charge < -0.3 is 9.84 Å². The highest BCUT2D eigenvalue weighted by atomic mass is 127. The zero-order chi connectivity index (χ0) is 18.0. The van der Waals surface area contributed by atoms with E-state index in [-0.39, 0.29) is 11.3 Å². The van der Waals surface area contributed by atoms with Crippen molar-refractivity contribution < 1.29 is 19.4 Å². The predicted molar refractivity (Wildman–Crippen MR) is 102 cm³/mol. The van der Waals surface area contributed by atoms with Crippen molar-refractivity contribution in [3.63, 3.8) is 0 Å². The number of benzene rings is 2. The van der Waals surface area contributed by atoms with Crippen molar-refractivity contribution in [2.24, 2.45) is 0 Å². The van der Waals surface area contributed by atoms with E-state index in [2.05, 4.69) is 5.43 Å². The Hall–Kier alpha value is -2.55. The van der Waals surface area contributed by atoms with Crippen LogP contribution in [0.25, 0.3) is 6.08 Å². The number of hydrogen-bond donors (Lipinski definition) is 2. The maximum absolute atomic E-state index is 12.6. The summed E-state index contributed by atoms with van der Waals surface area (Å²) in [5.74, 6) is -0.558. The average Bonchev–Trinajstić information content (AvgIpc) is 2.88. The summed E-state index contributed by atoms with van der Waals surface area (Å²) < 4.78 is 5.96. The minimum Gasteiger partial charge on any atom is -0.504 e. The lowest BCUT2D eigenvalue weighted by molar-refractivity contribution is -0.117. The van der Waals surface area contributed by atoms with Gasteiger partial charge in [-0.3, -0.25) is 15.0 Å². The number of phenols is 1.